The Morgan fingerprint density at radius 2 is 1.80 bits per heavy atom. The zero-order valence-electron chi connectivity index (χ0n) is 9.12. The summed E-state index contributed by atoms with van der Waals surface area (Å²) in [5.41, 5.74) is 4.85. The summed E-state index contributed by atoms with van der Waals surface area (Å²) in [6, 6.07) is 0. The predicted octanol–water partition coefficient (Wildman–Crippen LogP) is 0.112. The van der Waals surface area contributed by atoms with E-state index in [0.29, 0.717) is 12.8 Å². The molecule has 0 aromatic heterocycles. The molecule has 6 heteroatoms. The summed E-state index contributed by atoms with van der Waals surface area (Å²) in [6.45, 7) is 3.04. The van der Waals surface area contributed by atoms with Gasteiger partial charge in [0.05, 0.1) is 10.8 Å². The molecule has 0 spiro atoms. The second-order valence-electron chi connectivity index (χ2n) is 4.39. The number of sulfonamides is 1. The van der Waals surface area contributed by atoms with Crippen LogP contribution in [0, 0.1) is 0 Å². The third-order valence-electron chi connectivity index (χ3n) is 2.80. The van der Waals surface area contributed by atoms with Crippen molar-refractivity contribution in [2.45, 2.75) is 50.3 Å². The molecular formula is C9H18N2O3S. The number of nitrogens with one attached hydrogen (secondary N) is 1. The van der Waals surface area contributed by atoms with E-state index in [4.69, 9.17) is 5.73 Å². The van der Waals surface area contributed by atoms with Gasteiger partial charge in [0, 0.05) is 0 Å². The zero-order chi connectivity index (χ0) is 11.7. The van der Waals surface area contributed by atoms with Gasteiger partial charge in [-0.15, -0.1) is 0 Å². The topological polar surface area (TPSA) is 89.3 Å². The number of amides is 1. The molecule has 5 nitrogen and oxygen atoms in total. The van der Waals surface area contributed by atoms with E-state index in [1.165, 1.54) is 13.8 Å². The zero-order valence-corrected chi connectivity index (χ0v) is 9.93. The molecule has 0 aromatic rings. The molecule has 0 saturated heterocycles. The molecule has 0 radical (unpaired) electrons. The molecule has 0 bridgehead atoms. The van der Waals surface area contributed by atoms with Crippen LogP contribution < -0.4 is 10.5 Å². The molecule has 1 fully saturated rings. The van der Waals surface area contributed by atoms with Crippen molar-refractivity contribution in [1.82, 2.24) is 4.72 Å². The normalized spacial score (nSPS) is 20.5. The lowest BCUT2D eigenvalue weighted by Crippen LogP contribution is -2.54. The van der Waals surface area contributed by atoms with Gasteiger partial charge in [-0.25, -0.2) is 8.42 Å². The van der Waals surface area contributed by atoms with Crippen molar-refractivity contribution in [3.63, 3.8) is 0 Å². The van der Waals surface area contributed by atoms with Crippen molar-refractivity contribution in [2.75, 3.05) is 0 Å². The minimum Gasteiger partial charge on any atom is -0.317 e. The number of rotatable bonds is 3. The summed E-state index contributed by atoms with van der Waals surface area (Å²) in [5, 5.41) is -0.619. The number of nitrogens with two attached hydrogens (primary N) is 1. The van der Waals surface area contributed by atoms with E-state index >= 15 is 0 Å². The molecule has 1 saturated carbocycles. The van der Waals surface area contributed by atoms with Gasteiger partial charge in [0.25, 0.3) is 5.91 Å². The lowest BCUT2D eigenvalue weighted by molar-refractivity contribution is -0.124. The Morgan fingerprint density at radius 3 is 2.20 bits per heavy atom. The van der Waals surface area contributed by atoms with Gasteiger partial charge in [0.15, 0.2) is 0 Å². The highest BCUT2D eigenvalue weighted by molar-refractivity contribution is 7.90. The summed E-state index contributed by atoms with van der Waals surface area (Å²) in [7, 11) is -3.55. The van der Waals surface area contributed by atoms with Crippen molar-refractivity contribution in [3.05, 3.63) is 0 Å². The Balaban J connectivity index is 2.71. The number of hydrogen-bond donors (Lipinski definition) is 2. The van der Waals surface area contributed by atoms with E-state index < -0.39 is 26.7 Å². The molecule has 88 valence electrons. The van der Waals surface area contributed by atoms with Crippen LogP contribution in [-0.2, 0) is 14.8 Å². The molecular weight excluding hydrogens is 216 g/mol. The lowest BCUT2D eigenvalue weighted by atomic mass is 9.99. The van der Waals surface area contributed by atoms with Gasteiger partial charge in [-0.2, -0.15) is 0 Å². The van der Waals surface area contributed by atoms with Crippen LogP contribution in [-0.4, -0.2) is 25.1 Å². The maximum Gasteiger partial charge on any atom is 0.253 e. The average molecular weight is 234 g/mol. The first kappa shape index (κ1) is 12.4. The molecule has 0 aromatic carbocycles. The van der Waals surface area contributed by atoms with Crippen molar-refractivity contribution < 1.29 is 13.2 Å². The van der Waals surface area contributed by atoms with Gasteiger partial charge in [0.2, 0.25) is 10.0 Å². The fourth-order valence-corrected chi connectivity index (χ4v) is 2.28. The highest BCUT2D eigenvalue weighted by Crippen LogP contribution is 2.27. The van der Waals surface area contributed by atoms with E-state index in [2.05, 4.69) is 0 Å². The van der Waals surface area contributed by atoms with Gasteiger partial charge in [-0.3, -0.25) is 9.52 Å². The molecule has 0 aliphatic heterocycles. The predicted molar refractivity (Wildman–Crippen MR) is 57.6 cm³/mol. The Bertz CT molecular complexity index is 342. The Morgan fingerprint density at radius 1 is 1.33 bits per heavy atom. The summed E-state index contributed by atoms with van der Waals surface area (Å²) < 4.78 is 25.0. The fourth-order valence-electron chi connectivity index (χ4n) is 1.58. The average Bonchev–Trinajstić information content (AvgIpc) is 2.52. The summed E-state index contributed by atoms with van der Waals surface area (Å²) in [6.07, 6.45) is 2.89. The second-order valence-corrected chi connectivity index (χ2v) is 6.63. The summed E-state index contributed by atoms with van der Waals surface area (Å²) in [4.78, 5) is 11.7. The third kappa shape index (κ3) is 2.69. The summed E-state index contributed by atoms with van der Waals surface area (Å²) >= 11 is 0. The van der Waals surface area contributed by atoms with E-state index in [-0.39, 0.29) is 0 Å². The van der Waals surface area contributed by atoms with Crippen LogP contribution in [0.3, 0.4) is 0 Å². The summed E-state index contributed by atoms with van der Waals surface area (Å²) in [5.74, 6) is -0.561. The first-order valence-electron chi connectivity index (χ1n) is 5.13. The lowest BCUT2D eigenvalue weighted by Gasteiger charge is -2.22. The van der Waals surface area contributed by atoms with Crippen LogP contribution in [0.4, 0.5) is 0 Å². The van der Waals surface area contributed by atoms with Crippen LogP contribution in [0.1, 0.15) is 39.5 Å². The van der Waals surface area contributed by atoms with Crippen molar-refractivity contribution in [3.8, 4) is 0 Å². The van der Waals surface area contributed by atoms with Crippen LogP contribution in [0.25, 0.3) is 0 Å². The number of hydrogen-bond acceptors (Lipinski definition) is 4. The van der Waals surface area contributed by atoms with Gasteiger partial charge >= 0.3 is 0 Å². The highest BCUT2D eigenvalue weighted by atomic mass is 32.2. The maximum absolute atomic E-state index is 11.7. The SMILES string of the molecule is CC(C)S(=O)(=O)NC(=O)C1(N)CCCC1. The first-order chi connectivity index (χ1) is 6.78. The highest BCUT2D eigenvalue weighted by Gasteiger charge is 2.39. The molecule has 0 atom stereocenters. The molecule has 1 amide bonds. The second kappa shape index (κ2) is 4.09. The molecule has 15 heavy (non-hydrogen) atoms. The molecule has 0 heterocycles. The minimum absolute atomic E-state index is 0.561. The van der Waals surface area contributed by atoms with E-state index in [1.807, 2.05) is 4.72 Å². The van der Waals surface area contributed by atoms with E-state index in [0.717, 1.165) is 12.8 Å². The van der Waals surface area contributed by atoms with Crippen LogP contribution in [0.5, 0.6) is 0 Å². The van der Waals surface area contributed by atoms with Gasteiger partial charge in [-0.1, -0.05) is 12.8 Å². The molecule has 3 N–H and O–H groups in total. The van der Waals surface area contributed by atoms with Gasteiger partial charge < -0.3 is 5.73 Å². The van der Waals surface area contributed by atoms with Gasteiger partial charge in [0.1, 0.15) is 0 Å². The van der Waals surface area contributed by atoms with Crippen LogP contribution in [0.2, 0.25) is 0 Å². The molecule has 1 aliphatic rings. The largest absolute Gasteiger partial charge is 0.317 e. The van der Waals surface area contributed by atoms with Crippen molar-refractivity contribution >= 4 is 15.9 Å². The molecule has 1 aliphatic carbocycles. The third-order valence-corrected chi connectivity index (χ3v) is 4.51. The minimum atomic E-state index is -3.55. The smallest absolute Gasteiger partial charge is 0.253 e. The van der Waals surface area contributed by atoms with E-state index in [1.54, 1.807) is 0 Å². The number of carbonyl (C=O) groups excluding carboxylic acids is 1. The first-order valence-corrected chi connectivity index (χ1v) is 6.67. The molecule has 1 rings (SSSR count). The van der Waals surface area contributed by atoms with Gasteiger partial charge in [-0.05, 0) is 26.7 Å². The van der Waals surface area contributed by atoms with Crippen LogP contribution in [0.15, 0.2) is 0 Å². The Kier molecular flexibility index (Phi) is 3.40. The molecule has 0 unspecified atom stereocenters. The van der Waals surface area contributed by atoms with Crippen molar-refractivity contribution in [1.29, 1.82) is 0 Å². The monoisotopic (exact) mass is 234 g/mol. The van der Waals surface area contributed by atoms with Crippen LogP contribution >= 0.6 is 0 Å². The Hall–Kier alpha value is -0.620. The fraction of sp³-hybridized carbons (Fsp3) is 0.889. The quantitative estimate of drug-likeness (QED) is 0.725. The standard InChI is InChI=1S/C9H18N2O3S/c1-7(2)15(13,14)11-8(12)9(10)5-3-4-6-9/h7H,3-6,10H2,1-2H3,(H,11,12). The van der Waals surface area contributed by atoms with E-state index in [9.17, 15) is 13.2 Å². The maximum atomic E-state index is 11.7. The van der Waals surface area contributed by atoms with Crippen molar-refractivity contribution in [2.24, 2.45) is 5.73 Å². The Labute approximate surface area is 90.5 Å². The number of carbonyl (C=O) groups is 1.